The molecule has 1 aromatic rings. The van der Waals surface area contributed by atoms with Crippen molar-refractivity contribution in [1.29, 1.82) is 0 Å². The minimum atomic E-state index is -4.30. The molecule has 2 rings (SSSR count). The van der Waals surface area contributed by atoms with E-state index in [9.17, 15) is 18.3 Å². The molecule has 23 heavy (non-hydrogen) atoms. The Balaban J connectivity index is 1.99. The van der Waals surface area contributed by atoms with Gasteiger partial charge in [-0.25, -0.2) is 0 Å². The Hall–Kier alpha value is -1.11. The molecule has 3 nitrogen and oxygen atoms in total. The van der Waals surface area contributed by atoms with Crippen molar-refractivity contribution in [3.63, 3.8) is 0 Å². The average molecular weight is 331 g/mol. The van der Waals surface area contributed by atoms with E-state index in [0.717, 1.165) is 50.0 Å². The molecular formula is C17H24F3NO2. The van der Waals surface area contributed by atoms with Gasteiger partial charge in [0.2, 0.25) is 0 Å². The van der Waals surface area contributed by atoms with Gasteiger partial charge in [-0.3, -0.25) is 4.90 Å². The highest BCUT2D eigenvalue weighted by molar-refractivity contribution is 5.24. The Morgan fingerprint density at radius 2 is 1.96 bits per heavy atom. The lowest BCUT2D eigenvalue weighted by molar-refractivity contribution is -0.137. The summed E-state index contributed by atoms with van der Waals surface area (Å²) in [5, 5.41) is 9.77. The highest BCUT2D eigenvalue weighted by Crippen LogP contribution is 2.34. The van der Waals surface area contributed by atoms with Crippen molar-refractivity contribution < 1.29 is 23.0 Å². The van der Waals surface area contributed by atoms with Crippen LogP contribution in [0.2, 0.25) is 0 Å². The predicted octanol–water partition coefficient (Wildman–Crippen LogP) is 3.32. The smallest absolute Gasteiger partial charge is 0.396 e. The molecule has 1 saturated heterocycles. The fourth-order valence-electron chi connectivity index (χ4n) is 3.23. The van der Waals surface area contributed by atoms with Crippen LogP contribution in [-0.4, -0.2) is 43.4 Å². The normalized spacial score (nSPS) is 23.2. The van der Waals surface area contributed by atoms with Crippen molar-refractivity contribution >= 4 is 0 Å². The van der Waals surface area contributed by atoms with Crippen molar-refractivity contribution in [2.45, 2.75) is 32.0 Å². The number of hydrogen-bond acceptors (Lipinski definition) is 3. The quantitative estimate of drug-likeness (QED) is 0.868. The highest BCUT2D eigenvalue weighted by atomic mass is 19.4. The molecule has 1 fully saturated rings. The third-order valence-electron chi connectivity index (χ3n) is 4.60. The van der Waals surface area contributed by atoms with Crippen LogP contribution in [0.25, 0.3) is 0 Å². The van der Waals surface area contributed by atoms with Crippen LogP contribution in [0.3, 0.4) is 0 Å². The van der Waals surface area contributed by atoms with Crippen molar-refractivity contribution in [2.24, 2.45) is 5.41 Å². The second-order valence-corrected chi connectivity index (χ2v) is 6.41. The first-order valence-corrected chi connectivity index (χ1v) is 7.87. The van der Waals surface area contributed by atoms with Gasteiger partial charge in [0.25, 0.3) is 0 Å². The summed E-state index contributed by atoms with van der Waals surface area (Å²) in [6.07, 6.45) is -1.57. The van der Waals surface area contributed by atoms with Crippen molar-refractivity contribution in [2.75, 3.05) is 33.4 Å². The van der Waals surface area contributed by atoms with Gasteiger partial charge in [-0.2, -0.15) is 13.2 Å². The number of aliphatic hydroxyl groups is 1. The van der Waals surface area contributed by atoms with Crippen molar-refractivity contribution in [3.05, 3.63) is 35.4 Å². The fraction of sp³-hybridized carbons (Fsp3) is 0.647. The van der Waals surface area contributed by atoms with Gasteiger partial charge in [0.15, 0.2) is 0 Å². The molecule has 1 aromatic carbocycles. The van der Waals surface area contributed by atoms with Crippen molar-refractivity contribution in [3.8, 4) is 0 Å². The first-order chi connectivity index (χ1) is 10.9. The first kappa shape index (κ1) is 18.2. The number of alkyl halides is 3. The van der Waals surface area contributed by atoms with Crippen LogP contribution in [0.15, 0.2) is 24.3 Å². The van der Waals surface area contributed by atoms with Crippen LogP contribution >= 0.6 is 0 Å². The predicted molar refractivity (Wildman–Crippen MR) is 82.0 cm³/mol. The third kappa shape index (κ3) is 4.93. The lowest BCUT2D eigenvalue weighted by Gasteiger charge is -2.42. The zero-order valence-electron chi connectivity index (χ0n) is 13.4. The first-order valence-electron chi connectivity index (χ1n) is 7.87. The zero-order chi connectivity index (χ0) is 16.9. The van der Waals surface area contributed by atoms with Crippen LogP contribution < -0.4 is 0 Å². The summed E-state index contributed by atoms with van der Waals surface area (Å²) in [4.78, 5) is 2.21. The third-order valence-corrected chi connectivity index (χ3v) is 4.60. The number of methoxy groups -OCH3 is 1. The molecule has 130 valence electrons. The zero-order valence-corrected chi connectivity index (χ0v) is 13.4. The minimum Gasteiger partial charge on any atom is -0.396 e. The van der Waals surface area contributed by atoms with Gasteiger partial charge < -0.3 is 9.84 Å². The molecule has 1 aliphatic rings. The maximum atomic E-state index is 12.6. The van der Waals surface area contributed by atoms with Crippen LogP contribution in [0, 0.1) is 5.41 Å². The van der Waals surface area contributed by atoms with E-state index in [1.54, 1.807) is 7.11 Å². The van der Waals surface area contributed by atoms with Crippen LogP contribution in [0.1, 0.15) is 30.4 Å². The average Bonchev–Trinajstić information content (AvgIpc) is 2.53. The molecule has 0 unspecified atom stereocenters. The Bertz CT molecular complexity index is 490. The van der Waals surface area contributed by atoms with Gasteiger partial charge in [-0.05, 0) is 43.5 Å². The largest absolute Gasteiger partial charge is 0.416 e. The molecule has 1 heterocycles. The monoisotopic (exact) mass is 331 g/mol. The lowest BCUT2D eigenvalue weighted by Crippen LogP contribution is -2.45. The van der Waals surface area contributed by atoms with E-state index in [-0.39, 0.29) is 12.0 Å². The molecule has 0 radical (unpaired) electrons. The molecular weight excluding hydrogens is 307 g/mol. The maximum Gasteiger partial charge on any atom is 0.416 e. The fourth-order valence-corrected chi connectivity index (χ4v) is 3.23. The van der Waals surface area contributed by atoms with Gasteiger partial charge in [0.05, 0.1) is 12.2 Å². The maximum absolute atomic E-state index is 12.6. The number of rotatable bonds is 6. The SMILES string of the molecule is COCC[C@]1(CO)CCCN(Cc2ccc(C(F)(F)F)cc2)C1. The summed E-state index contributed by atoms with van der Waals surface area (Å²) < 4.78 is 42.9. The summed E-state index contributed by atoms with van der Waals surface area (Å²) in [5.41, 5.74) is 0.0726. The summed E-state index contributed by atoms with van der Waals surface area (Å²) >= 11 is 0. The Morgan fingerprint density at radius 1 is 1.26 bits per heavy atom. The number of likely N-dealkylation sites (tertiary alicyclic amines) is 1. The van der Waals surface area contributed by atoms with E-state index in [2.05, 4.69) is 4.90 Å². The van der Waals surface area contributed by atoms with Gasteiger partial charge in [0.1, 0.15) is 0 Å². The number of nitrogens with zero attached hydrogens (tertiary/aromatic N) is 1. The summed E-state index contributed by atoms with van der Waals surface area (Å²) in [6.45, 7) is 2.96. The number of halogens is 3. The van der Waals surface area contributed by atoms with Gasteiger partial charge in [-0.15, -0.1) is 0 Å². The summed E-state index contributed by atoms with van der Waals surface area (Å²) in [7, 11) is 1.65. The van der Waals surface area contributed by atoms with Crippen LogP contribution in [0.4, 0.5) is 13.2 Å². The van der Waals surface area contributed by atoms with Crippen molar-refractivity contribution in [1.82, 2.24) is 4.90 Å². The van der Waals surface area contributed by atoms with Crippen LogP contribution in [-0.2, 0) is 17.5 Å². The number of aliphatic hydroxyl groups excluding tert-OH is 1. The van der Waals surface area contributed by atoms with Gasteiger partial charge in [-0.1, -0.05) is 12.1 Å². The second kappa shape index (κ2) is 7.64. The van der Waals surface area contributed by atoms with E-state index >= 15 is 0 Å². The number of piperidine rings is 1. The lowest BCUT2D eigenvalue weighted by atomic mass is 9.78. The van der Waals surface area contributed by atoms with Gasteiger partial charge >= 0.3 is 6.18 Å². The van der Waals surface area contributed by atoms with E-state index in [1.807, 2.05) is 0 Å². The van der Waals surface area contributed by atoms with Gasteiger partial charge in [0, 0.05) is 32.2 Å². The Morgan fingerprint density at radius 3 is 2.52 bits per heavy atom. The molecule has 1 N–H and O–H groups in total. The molecule has 0 aromatic heterocycles. The second-order valence-electron chi connectivity index (χ2n) is 6.41. The number of benzene rings is 1. The number of hydrogen-bond donors (Lipinski definition) is 1. The summed E-state index contributed by atoms with van der Waals surface area (Å²) in [6, 6.07) is 5.33. The standard InChI is InChI=1S/C17H24F3NO2/c1-23-10-8-16(13-22)7-2-9-21(12-16)11-14-3-5-15(6-4-14)17(18,19)20/h3-6,22H,2,7-13H2,1H3/t16-/m1/s1. The molecule has 0 aliphatic carbocycles. The number of ether oxygens (including phenoxy) is 1. The Labute approximate surface area is 135 Å². The highest BCUT2D eigenvalue weighted by Gasteiger charge is 2.35. The molecule has 0 saturated carbocycles. The van der Waals surface area contributed by atoms with E-state index < -0.39 is 11.7 Å². The molecule has 1 aliphatic heterocycles. The summed E-state index contributed by atoms with van der Waals surface area (Å²) in [5.74, 6) is 0. The molecule has 1 atom stereocenters. The molecule has 0 amide bonds. The Kier molecular flexibility index (Phi) is 6.06. The van der Waals surface area contributed by atoms with E-state index in [4.69, 9.17) is 4.74 Å². The topological polar surface area (TPSA) is 32.7 Å². The van der Waals surface area contributed by atoms with E-state index in [0.29, 0.717) is 13.2 Å². The van der Waals surface area contributed by atoms with Crippen LogP contribution in [0.5, 0.6) is 0 Å². The molecule has 0 spiro atoms. The molecule has 0 bridgehead atoms. The minimum absolute atomic E-state index is 0.111. The van der Waals surface area contributed by atoms with E-state index in [1.165, 1.54) is 12.1 Å². The molecule has 6 heteroatoms.